The van der Waals surface area contributed by atoms with E-state index in [9.17, 15) is 39.0 Å². The number of carboxylic acids is 2. The molecule has 24 atom stereocenters. The number of allylic oxidation sites excluding steroid dienone is 2. The van der Waals surface area contributed by atoms with Gasteiger partial charge in [0.25, 0.3) is 0 Å². The van der Waals surface area contributed by atoms with Gasteiger partial charge in [0.05, 0.1) is 34.5 Å². The summed E-state index contributed by atoms with van der Waals surface area (Å²) >= 11 is 0. The van der Waals surface area contributed by atoms with Crippen LogP contribution < -0.4 is 16.0 Å². The number of amides is 4. The second kappa shape index (κ2) is 32.3. The third kappa shape index (κ3) is 14.9. The SMILES string of the molecule is C1CCNCC1.C=C(C)[C@@H]1CC[C@]2(C(=O)NC3C[C@H](C(=O)N4CCCCC4)C3(C)C)CC[C@]3(C)C(CCC4[C@@]5(C)CC[C@H](OC(=O)CC(C)(C)C(=O)O)C(C)(C)C5CC[C@]43C)C12.C=C(C)[C@@H]1CC[C@]2(C(=O)NC3C[C@H](C(=O)N4CCCCC4)C3(C)C)CC[C@]3(C)C(CCC4[C@@]5(C)CC[C@H](OC(=O)CC(C)(C)C(=O)O)C(C)(C)C5CC[C@]43C)C12. The molecule has 17 heteroatoms. The minimum Gasteiger partial charge on any atom is -0.481 e. The summed E-state index contributed by atoms with van der Waals surface area (Å²) in [6.45, 7) is 59.4. The molecule has 0 aromatic carbocycles. The minimum atomic E-state index is -1.16. The van der Waals surface area contributed by atoms with Gasteiger partial charge >= 0.3 is 23.9 Å². The molecule has 3 saturated heterocycles. The fraction of sp³-hybridized carbons (Fsp3) is 0.881. The lowest BCUT2D eigenvalue weighted by Gasteiger charge is -2.73. The van der Waals surface area contributed by atoms with E-state index in [0.29, 0.717) is 59.2 Å². The van der Waals surface area contributed by atoms with Crippen molar-refractivity contribution >= 4 is 47.5 Å². The van der Waals surface area contributed by atoms with Crippen LogP contribution in [-0.2, 0) is 47.8 Å². The number of nitrogens with zero attached hydrogens (tertiary/aromatic N) is 2. The van der Waals surface area contributed by atoms with Crippen molar-refractivity contribution in [2.75, 3.05) is 39.3 Å². The molecule has 118 heavy (non-hydrogen) atoms. The number of hydrogen-bond donors (Lipinski definition) is 5. The summed E-state index contributed by atoms with van der Waals surface area (Å²) in [5.41, 5.74) is -0.985. The number of carbonyl (C=O) groups is 8. The molecule has 3 aliphatic heterocycles. The average Bonchev–Trinajstić information content (AvgIpc) is 1.18. The van der Waals surface area contributed by atoms with Gasteiger partial charge < -0.3 is 45.4 Å². The molecule has 4 amide bonds. The Balaban J connectivity index is 0.000000191. The third-order valence-electron chi connectivity index (χ3n) is 40.1. The van der Waals surface area contributed by atoms with Gasteiger partial charge in [-0.1, -0.05) is 128 Å². The highest BCUT2D eigenvalue weighted by atomic mass is 16.5. The monoisotopic (exact) mass is 1640 g/mol. The number of carboxylic acid groups (broad SMARTS) is 2. The second-order valence-corrected chi connectivity index (χ2v) is 47.9. The van der Waals surface area contributed by atoms with Gasteiger partial charge in [-0.2, -0.15) is 0 Å². The van der Waals surface area contributed by atoms with Crippen LogP contribution in [0.3, 0.4) is 0 Å². The van der Waals surface area contributed by atoms with E-state index in [1.165, 1.54) is 56.3 Å². The number of ether oxygens (including phenoxy) is 2. The molecule has 17 nitrogen and oxygen atoms in total. The maximum atomic E-state index is 15.0. The summed E-state index contributed by atoms with van der Waals surface area (Å²) in [5, 5.41) is 29.9. The Hall–Kier alpha value is -4.80. The number of likely N-dealkylation sites (tertiary alicyclic amines) is 2. The first kappa shape index (κ1) is 90.9. The van der Waals surface area contributed by atoms with Crippen LogP contribution in [0.25, 0.3) is 0 Å². The lowest BCUT2D eigenvalue weighted by Crippen LogP contribution is -2.68. The van der Waals surface area contributed by atoms with E-state index in [4.69, 9.17) is 9.47 Å². The molecule has 5 N–H and O–H groups in total. The Kier molecular flexibility index (Phi) is 24.9. The van der Waals surface area contributed by atoms with Crippen LogP contribution in [0.1, 0.15) is 350 Å². The number of rotatable bonds is 16. The summed E-state index contributed by atoms with van der Waals surface area (Å²) in [6, 6.07) is 0.0386. The maximum absolute atomic E-state index is 15.0. The molecule has 12 aliphatic carbocycles. The Bertz CT molecular complexity index is 3590. The first-order valence-corrected chi connectivity index (χ1v) is 48.0. The highest BCUT2D eigenvalue weighted by Crippen LogP contribution is 2.80. The molecular weight excluding hydrogens is 1480 g/mol. The van der Waals surface area contributed by atoms with E-state index < -0.39 is 45.5 Å². The van der Waals surface area contributed by atoms with Gasteiger partial charge in [-0.15, -0.1) is 0 Å². The number of hydrogen-bond acceptors (Lipinski definition) is 11. The molecule has 15 rings (SSSR count). The van der Waals surface area contributed by atoms with Gasteiger partial charge in [-0.05, 0) is 350 Å². The van der Waals surface area contributed by atoms with Crippen molar-refractivity contribution in [1.82, 2.24) is 25.8 Å². The van der Waals surface area contributed by atoms with Crippen LogP contribution in [0, 0.1) is 147 Å². The molecule has 0 aromatic heterocycles. The Morgan fingerprint density at radius 2 is 0.754 bits per heavy atom. The van der Waals surface area contributed by atoms with Crippen molar-refractivity contribution < 1.29 is 58.0 Å². The number of aliphatic carboxylic acids is 2. The number of piperidine rings is 3. The van der Waals surface area contributed by atoms with Crippen LogP contribution in [-0.4, -0.2) is 131 Å². The molecule has 3 heterocycles. The number of carbonyl (C=O) groups excluding carboxylic acids is 6. The molecule has 0 bridgehead atoms. The predicted octanol–water partition coefficient (Wildman–Crippen LogP) is 20.0. The van der Waals surface area contributed by atoms with E-state index in [1.807, 2.05) is 0 Å². The smallest absolute Gasteiger partial charge is 0.309 e. The molecule has 10 unspecified atom stereocenters. The molecule has 15 aliphatic rings. The van der Waals surface area contributed by atoms with Crippen LogP contribution in [0.4, 0.5) is 0 Å². The number of nitrogens with one attached hydrogen (secondary N) is 3. The molecular formula is C101H163N5O12. The quantitative estimate of drug-likeness (QED) is 0.0715. The summed E-state index contributed by atoms with van der Waals surface area (Å²) in [5.74, 6) is 2.24. The van der Waals surface area contributed by atoms with Gasteiger partial charge in [0, 0.05) is 60.9 Å². The fourth-order valence-corrected chi connectivity index (χ4v) is 32.0. The zero-order valence-electron chi connectivity index (χ0n) is 77.6. The fourth-order valence-electron chi connectivity index (χ4n) is 32.0. The predicted molar refractivity (Wildman–Crippen MR) is 465 cm³/mol. The van der Waals surface area contributed by atoms with E-state index in [1.54, 1.807) is 27.7 Å². The Morgan fingerprint density at radius 3 is 1.06 bits per heavy atom. The van der Waals surface area contributed by atoms with Crippen molar-refractivity contribution in [3.8, 4) is 0 Å². The van der Waals surface area contributed by atoms with Crippen LogP contribution in [0.15, 0.2) is 24.3 Å². The van der Waals surface area contributed by atoms with Gasteiger partial charge in [0.1, 0.15) is 12.2 Å². The average molecular weight is 1640 g/mol. The second-order valence-electron chi connectivity index (χ2n) is 47.9. The highest BCUT2D eigenvalue weighted by molar-refractivity contribution is 5.88. The van der Waals surface area contributed by atoms with Gasteiger partial charge in [-0.25, -0.2) is 0 Å². The highest BCUT2D eigenvalue weighted by Gasteiger charge is 2.76. The zero-order chi connectivity index (χ0) is 86.3. The molecule has 0 aromatic rings. The zero-order valence-corrected chi connectivity index (χ0v) is 77.6. The standard InChI is InChI=1S/2C48H76N2O6.C5H11N/c2*1-29(2)30-17-22-48(40(53)49-35-27-32(43(35,5)6)39(52)50-25-13-12-14-26-50)24-23-46(10)31(38(30)48)15-16-34-45(9)20-19-36(56-37(51)28-42(3,4)41(54)55)44(7,8)33(45)18-21-47(34,46)11;1-2-4-6-5-3-1/h2*30-36,38H,1,12-28H2,2-11H3,(H,49,53)(H,54,55);6H,1-5H2/t2*30-,31?,32+,33?,34?,35?,36-,38?,45-,46+,47+,48-;/m00./s1. The number of fused-ring (bicyclic) bond motifs is 14. The summed E-state index contributed by atoms with van der Waals surface area (Å²) in [7, 11) is 0. The third-order valence-corrected chi connectivity index (χ3v) is 40.1. The van der Waals surface area contributed by atoms with Crippen LogP contribution in [0.2, 0.25) is 0 Å². The van der Waals surface area contributed by atoms with Gasteiger partial charge in [-0.3, -0.25) is 38.4 Å². The first-order chi connectivity index (χ1) is 54.9. The normalized spacial score (nSPS) is 42.8. The van der Waals surface area contributed by atoms with Crippen LogP contribution in [0.5, 0.6) is 0 Å². The Morgan fingerprint density at radius 1 is 0.407 bits per heavy atom. The van der Waals surface area contributed by atoms with E-state index in [-0.39, 0.29) is 127 Å². The van der Waals surface area contributed by atoms with E-state index in [2.05, 4.69) is 150 Å². The van der Waals surface area contributed by atoms with E-state index >= 15 is 9.59 Å². The molecule has 0 spiro atoms. The summed E-state index contributed by atoms with van der Waals surface area (Å²) < 4.78 is 12.4. The number of esters is 2. The lowest BCUT2D eigenvalue weighted by atomic mass is 9.32. The van der Waals surface area contributed by atoms with Crippen LogP contribution >= 0.6 is 0 Å². The topological polar surface area (TPSA) is 238 Å². The minimum absolute atomic E-state index is 0.0193. The van der Waals surface area contributed by atoms with Crippen molar-refractivity contribution in [1.29, 1.82) is 0 Å². The Labute approximate surface area is 712 Å². The lowest BCUT2D eigenvalue weighted by molar-refractivity contribution is -0.249. The van der Waals surface area contributed by atoms with Crippen molar-refractivity contribution in [2.24, 2.45) is 147 Å². The molecule has 664 valence electrons. The molecule has 12 saturated carbocycles. The summed E-state index contributed by atoms with van der Waals surface area (Å²) in [6.07, 6.45) is 32.3. The first-order valence-electron chi connectivity index (χ1n) is 48.0. The van der Waals surface area contributed by atoms with Gasteiger partial charge in [0.2, 0.25) is 23.6 Å². The van der Waals surface area contributed by atoms with Crippen molar-refractivity contribution in [3.05, 3.63) is 24.3 Å². The largest absolute Gasteiger partial charge is 0.481 e. The van der Waals surface area contributed by atoms with Gasteiger partial charge in [0.15, 0.2) is 0 Å². The van der Waals surface area contributed by atoms with Crippen molar-refractivity contribution in [2.45, 2.75) is 375 Å². The molecule has 0 radical (unpaired) electrons. The van der Waals surface area contributed by atoms with Crippen molar-refractivity contribution in [3.63, 3.8) is 0 Å². The maximum Gasteiger partial charge on any atom is 0.309 e. The molecule has 15 fully saturated rings. The van der Waals surface area contributed by atoms with E-state index in [0.717, 1.165) is 193 Å². The summed E-state index contributed by atoms with van der Waals surface area (Å²) in [4.78, 5) is 111.